The summed E-state index contributed by atoms with van der Waals surface area (Å²) in [5, 5.41) is 17.8. The molecule has 0 aromatic heterocycles. The quantitative estimate of drug-likeness (QED) is 0.834. The van der Waals surface area contributed by atoms with Crippen molar-refractivity contribution in [3.8, 4) is 11.8 Å². The molecule has 15 heavy (non-hydrogen) atoms. The lowest BCUT2D eigenvalue weighted by Gasteiger charge is -2.09. The van der Waals surface area contributed by atoms with Crippen LogP contribution in [-0.4, -0.2) is 11.7 Å². The van der Waals surface area contributed by atoms with Crippen molar-refractivity contribution in [1.82, 2.24) is 0 Å². The van der Waals surface area contributed by atoms with E-state index < -0.39 is 12.7 Å². The van der Waals surface area contributed by atoms with Gasteiger partial charge in [0.1, 0.15) is 5.75 Å². The first-order valence-electron chi connectivity index (χ1n) is 4.23. The summed E-state index contributed by atoms with van der Waals surface area (Å²) in [6.07, 6.45) is -1.06. The van der Waals surface area contributed by atoms with Gasteiger partial charge in [0, 0.05) is 0 Å². The van der Waals surface area contributed by atoms with Crippen LogP contribution >= 0.6 is 0 Å². The molecular formula is C10H9F2NO2. The number of nitriles is 1. The maximum absolute atomic E-state index is 11.9. The number of alkyl halides is 2. The predicted octanol–water partition coefficient (Wildman–Crippen LogP) is 2.24. The summed E-state index contributed by atoms with van der Waals surface area (Å²) in [7, 11) is 0. The van der Waals surface area contributed by atoms with Gasteiger partial charge in [-0.05, 0) is 17.7 Å². The van der Waals surface area contributed by atoms with Gasteiger partial charge < -0.3 is 9.84 Å². The molecule has 80 valence electrons. The maximum Gasteiger partial charge on any atom is 0.387 e. The van der Waals surface area contributed by atoms with Crippen LogP contribution in [0.15, 0.2) is 24.3 Å². The molecule has 0 saturated heterocycles. The normalized spacial score (nSPS) is 12.2. The Morgan fingerprint density at radius 3 is 2.80 bits per heavy atom. The molecule has 1 atom stereocenters. The minimum Gasteiger partial charge on any atom is -0.435 e. The second-order valence-electron chi connectivity index (χ2n) is 2.83. The van der Waals surface area contributed by atoms with Crippen LogP contribution in [0.3, 0.4) is 0 Å². The average Bonchev–Trinajstić information content (AvgIpc) is 2.17. The fraction of sp³-hybridized carbons (Fsp3) is 0.300. The summed E-state index contributed by atoms with van der Waals surface area (Å²) in [4.78, 5) is 0. The van der Waals surface area contributed by atoms with Crippen molar-refractivity contribution < 1.29 is 18.6 Å². The molecule has 0 saturated carbocycles. The van der Waals surface area contributed by atoms with Gasteiger partial charge in [0.15, 0.2) is 0 Å². The highest BCUT2D eigenvalue weighted by atomic mass is 19.3. The molecule has 5 heteroatoms. The van der Waals surface area contributed by atoms with E-state index in [0.29, 0.717) is 5.56 Å². The Morgan fingerprint density at radius 1 is 1.47 bits per heavy atom. The van der Waals surface area contributed by atoms with Crippen molar-refractivity contribution in [1.29, 1.82) is 5.26 Å². The minimum atomic E-state index is -2.90. The van der Waals surface area contributed by atoms with E-state index in [9.17, 15) is 13.9 Å². The Labute approximate surface area is 85.5 Å². The van der Waals surface area contributed by atoms with Crippen LogP contribution in [0.5, 0.6) is 5.75 Å². The van der Waals surface area contributed by atoms with E-state index in [2.05, 4.69) is 4.74 Å². The van der Waals surface area contributed by atoms with E-state index in [0.717, 1.165) is 0 Å². The zero-order valence-electron chi connectivity index (χ0n) is 7.73. The number of nitrogens with zero attached hydrogens (tertiary/aromatic N) is 1. The number of ether oxygens (including phenoxy) is 1. The maximum atomic E-state index is 11.9. The number of benzene rings is 1. The second kappa shape index (κ2) is 5.27. The Hall–Kier alpha value is -1.67. The van der Waals surface area contributed by atoms with Gasteiger partial charge in [-0.1, -0.05) is 12.1 Å². The van der Waals surface area contributed by atoms with Gasteiger partial charge in [0.25, 0.3) is 0 Å². The number of halogens is 2. The average molecular weight is 213 g/mol. The van der Waals surface area contributed by atoms with E-state index in [1.807, 2.05) is 0 Å². The molecule has 0 aliphatic heterocycles. The number of aliphatic hydroxyl groups excluding tert-OH is 1. The Bertz CT molecular complexity index is 363. The van der Waals surface area contributed by atoms with E-state index in [4.69, 9.17) is 5.26 Å². The summed E-state index contributed by atoms with van der Waals surface area (Å²) < 4.78 is 27.9. The summed E-state index contributed by atoms with van der Waals surface area (Å²) in [6, 6.07) is 7.45. The molecule has 1 aromatic carbocycles. The Morgan fingerprint density at radius 2 is 2.20 bits per heavy atom. The summed E-state index contributed by atoms with van der Waals surface area (Å²) in [6.45, 7) is -2.90. The number of hydrogen-bond donors (Lipinski definition) is 1. The lowest BCUT2D eigenvalue weighted by Crippen LogP contribution is -2.03. The van der Waals surface area contributed by atoms with Gasteiger partial charge in [-0.2, -0.15) is 14.0 Å². The van der Waals surface area contributed by atoms with Gasteiger partial charge in [-0.25, -0.2) is 0 Å². The summed E-state index contributed by atoms with van der Waals surface area (Å²) in [5.41, 5.74) is 0.384. The first-order chi connectivity index (χ1) is 7.13. The fourth-order valence-corrected chi connectivity index (χ4v) is 1.10. The van der Waals surface area contributed by atoms with E-state index in [1.165, 1.54) is 18.2 Å². The molecule has 1 N–H and O–H groups in total. The molecule has 0 aliphatic carbocycles. The zero-order chi connectivity index (χ0) is 11.3. The molecule has 1 rings (SSSR count). The second-order valence-corrected chi connectivity index (χ2v) is 2.83. The lowest BCUT2D eigenvalue weighted by atomic mass is 10.1. The molecule has 0 fully saturated rings. The first kappa shape index (κ1) is 11.4. The fourth-order valence-electron chi connectivity index (χ4n) is 1.10. The van der Waals surface area contributed by atoms with E-state index in [1.54, 1.807) is 12.1 Å². The third kappa shape index (κ3) is 3.52. The van der Waals surface area contributed by atoms with Gasteiger partial charge in [-0.15, -0.1) is 0 Å². The lowest BCUT2D eigenvalue weighted by molar-refractivity contribution is -0.0499. The van der Waals surface area contributed by atoms with Gasteiger partial charge in [0.05, 0.1) is 18.6 Å². The van der Waals surface area contributed by atoms with E-state index in [-0.39, 0.29) is 12.2 Å². The molecule has 0 spiro atoms. The van der Waals surface area contributed by atoms with Crippen molar-refractivity contribution in [2.24, 2.45) is 0 Å². The highest BCUT2D eigenvalue weighted by Gasteiger charge is 2.09. The smallest absolute Gasteiger partial charge is 0.387 e. The van der Waals surface area contributed by atoms with Gasteiger partial charge in [0.2, 0.25) is 0 Å². The molecule has 1 aromatic rings. The molecule has 0 aliphatic rings. The number of rotatable bonds is 4. The van der Waals surface area contributed by atoms with Crippen molar-refractivity contribution in [3.05, 3.63) is 29.8 Å². The largest absolute Gasteiger partial charge is 0.435 e. The van der Waals surface area contributed by atoms with E-state index >= 15 is 0 Å². The molecule has 3 nitrogen and oxygen atoms in total. The van der Waals surface area contributed by atoms with Crippen LogP contribution in [0.25, 0.3) is 0 Å². The Kier molecular flexibility index (Phi) is 4.01. The van der Waals surface area contributed by atoms with Gasteiger partial charge in [-0.3, -0.25) is 0 Å². The highest BCUT2D eigenvalue weighted by molar-refractivity contribution is 5.30. The van der Waals surface area contributed by atoms with Crippen LogP contribution in [-0.2, 0) is 0 Å². The van der Waals surface area contributed by atoms with Crippen molar-refractivity contribution >= 4 is 0 Å². The zero-order valence-corrected chi connectivity index (χ0v) is 7.73. The first-order valence-corrected chi connectivity index (χ1v) is 4.23. The number of aliphatic hydroxyl groups is 1. The number of hydrogen-bond acceptors (Lipinski definition) is 3. The third-order valence-corrected chi connectivity index (χ3v) is 1.75. The predicted molar refractivity (Wildman–Crippen MR) is 48.3 cm³/mol. The topological polar surface area (TPSA) is 53.2 Å². The van der Waals surface area contributed by atoms with Crippen LogP contribution < -0.4 is 4.74 Å². The molecule has 0 bridgehead atoms. The third-order valence-electron chi connectivity index (χ3n) is 1.75. The highest BCUT2D eigenvalue weighted by Crippen LogP contribution is 2.22. The van der Waals surface area contributed by atoms with Crippen LogP contribution in [0, 0.1) is 11.3 Å². The summed E-state index contributed by atoms with van der Waals surface area (Å²) in [5.74, 6) is -0.0283. The SMILES string of the molecule is N#CCC(O)c1cccc(OC(F)F)c1. The Balaban J connectivity index is 2.78. The van der Waals surface area contributed by atoms with Crippen LogP contribution in [0.2, 0.25) is 0 Å². The molecular weight excluding hydrogens is 204 g/mol. The standard InChI is InChI=1S/C10H9F2NO2/c11-10(12)15-8-3-1-2-7(6-8)9(14)4-5-13/h1-3,6,9-10,14H,4H2. The minimum absolute atomic E-state index is 0.0283. The van der Waals surface area contributed by atoms with Gasteiger partial charge >= 0.3 is 6.61 Å². The van der Waals surface area contributed by atoms with Crippen LogP contribution in [0.1, 0.15) is 18.1 Å². The van der Waals surface area contributed by atoms with Crippen molar-refractivity contribution in [2.45, 2.75) is 19.1 Å². The monoisotopic (exact) mass is 213 g/mol. The molecule has 1 unspecified atom stereocenters. The molecule has 0 heterocycles. The molecule has 0 radical (unpaired) electrons. The molecule has 0 amide bonds. The van der Waals surface area contributed by atoms with Crippen molar-refractivity contribution in [2.75, 3.05) is 0 Å². The van der Waals surface area contributed by atoms with Crippen LogP contribution in [0.4, 0.5) is 8.78 Å². The summed E-state index contributed by atoms with van der Waals surface area (Å²) >= 11 is 0. The van der Waals surface area contributed by atoms with Crippen molar-refractivity contribution in [3.63, 3.8) is 0 Å².